The molecule has 0 amide bonds. The number of carbonyl (C=O) groups excluding carboxylic acids is 1. The van der Waals surface area contributed by atoms with Crippen LogP contribution in [0.5, 0.6) is 0 Å². The molecule has 0 unspecified atom stereocenters. The van der Waals surface area contributed by atoms with Crippen LogP contribution < -0.4 is 9.80 Å². The van der Waals surface area contributed by atoms with Crippen molar-refractivity contribution in [2.75, 3.05) is 50.1 Å². The number of piperazine rings is 1. The summed E-state index contributed by atoms with van der Waals surface area (Å²) < 4.78 is 0. The topological polar surface area (TPSA) is 52.6 Å². The maximum Gasteiger partial charge on any atom is 0.171 e. The highest BCUT2D eigenvalue weighted by molar-refractivity contribution is 8.04. The molecule has 0 aromatic carbocycles. The van der Waals surface area contributed by atoms with Crippen molar-refractivity contribution in [3.05, 3.63) is 16.9 Å². The number of hydrogen-bond donors (Lipinski definition) is 0. The molecular weight excluding hydrogens is 334 g/mol. The third-order valence-corrected chi connectivity index (χ3v) is 6.47. The number of rotatable bonds is 1. The average molecular weight is 359 g/mol. The summed E-state index contributed by atoms with van der Waals surface area (Å²) >= 11 is 1.53. The van der Waals surface area contributed by atoms with Crippen LogP contribution in [0.3, 0.4) is 0 Å². The zero-order valence-electron chi connectivity index (χ0n) is 15.4. The minimum atomic E-state index is 0.00583. The van der Waals surface area contributed by atoms with E-state index in [2.05, 4.69) is 52.6 Å². The Morgan fingerprint density at radius 2 is 1.80 bits per heavy atom. The minimum absolute atomic E-state index is 0.00583. The molecule has 134 valence electrons. The molecule has 6 nitrogen and oxygen atoms in total. The molecule has 25 heavy (non-hydrogen) atoms. The Labute approximate surface area is 153 Å². The first-order chi connectivity index (χ1) is 11.9. The van der Waals surface area contributed by atoms with Crippen molar-refractivity contribution >= 4 is 29.1 Å². The molecule has 0 bridgehead atoms. The van der Waals surface area contributed by atoms with Gasteiger partial charge in [0.1, 0.15) is 17.0 Å². The predicted octanol–water partition coefficient (Wildman–Crippen LogP) is 2.37. The zero-order chi connectivity index (χ0) is 17.8. The monoisotopic (exact) mass is 359 g/mol. The van der Waals surface area contributed by atoms with E-state index in [0.717, 1.165) is 59.7 Å². The summed E-state index contributed by atoms with van der Waals surface area (Å²) in [7, 11) is 4.22. The van der Waals surface area contributed by atoms with Gasteiger partial charge in [-0.05, 0) is 18.9 Å². The Hall–Kier alpha value is -1.60. The number of carbonyl (C=O) groups is 1. The Bertz CT molecular complexity index is 752. The van der Waals surface area contributed by atoms with Gasteiger partial charge in [-0.3, -0.25) is 4.79 Å². The van der Waals surface area contributed by atoms with E-state index in [9.17, 15) is 4.79 Å². The quantitative estimate of drug-likeness (QED) is 0.714. The lowest BCUT2D eigenvalue weighted by Gasteiger charge is -2.41. The standard InChI is InChI=1S/C18H25N5OS/c1-18(2)9-12-15(13(24)10-18)25-17-14(22(12)4)16(19-11-20-17)23-7-5-21(3)6-8-23/h11H,5-10H2,1-4H3. The number of Topliss-reactive ketones (excluding diaryl/α,β-unsaturated/α-hetero) is 1. The first-order valence-corrected chi connectivity index (χ1v) is 9.64. The third kappa shape index (κ3) is 2.93. The molecule has 0 saturated carbocycles. The summed E-state index contributed by atoms with van der Waals surface area (Å²) in [5.41, 5.74) is 2.19. The molecule has 1 fully saturated rings. The van der Waals surface area contributed by atoms with Gasteiger partial charge >= 0.3 is 0 Å². The van der Waals surface area contributed by atoms with Crippen LogP contribution in [-0.2, 0) is 4.79 Å². The fraction of sp³-hybridized carbons (Fsp3) is 0.611. The lowest BCUT2D eigenvalue weighted by Crippen LogP contribution is -2.45. The van der Waals surface area contributed by atoms with E-state index in [1.54, 1.807) is 6.33 Å². The minimum Gasteiger partial charge on any atom is -0.352 e. The number of aromatic nitrogens is 2. The number of allylic oxidation sites excluding steroid dienone is 2. The third-order valence-electron chi connectivity index (χ3n) is 5.31. The Balaban J connectivity index is 1.74. The number of likely N-dealkylation sites (N-methyl/N-ethyl adjacent to an activating group) is 1. The lowest BCUT2D eigenvalue weighted by atomic mass is 9.78. The predicted molar refractivity (Wildman–Crippen MR) is 101 cm³/mol. The molecule has 0 N–H and O–H groups in total. The van der Waals surface area contributed by atoms with E-state index in [1.165, 1.54) is 11.8 Å². The summed E-state index contributed by atoms with van der Waals surface area (Å²) in [5, 5.41) is 0.901. The maximum absolute atomic E-state index is 12.7. The number of anilines is 2. The smallest absolute Gasteiger partial charge is 0.171 e. The molecule has 4 rings (SSSR count). The molecule has 2 aliphatic heterocycles. The van der Waals surface area contributed by atoms with Gasteiger partial charge in [-0.25, -0.2) is 9.97 Å². The maximum atomic E-state index is 12.7. The summed E-state index contributed by atoms with van der Waals surface area (Å²) in [4.78, 5) is 29.5. The van der Waals surface area contributed by atoms with Gasteiger partial charge in [0.05, 0.1) is 4.91 Å². The van der Waals surface area contributed by atoms with Crippen LogP contribution in [0, 0.1) is 5.41 Å². The van der Waals surface area contributed by atoms with E-state index in [-0.39, 0.29) is 11.2 Å². The van der Waals surface area contributed by atoms with Gasteiger partial charge in [-0.1, -0.05) is 25.6 Å². The molecule has 1 aromatic heterocycles. The van der Waals surface area contributed by atoms with Gasteiger partial charge in [-0.15, -0.1) is 0 Å². The Morgan fingerprint density at radius 3 is 2.52 bits per heavy atom. The van der Waals surface area contributed by atoms with Crippen molar-refractivity contribution in [1.82, 2.24) is 14.9 Å². The van der Waals surface area contributed by atoms with Gasteiger partial charge in [-0.2, -0.15) is 0 Å². The van der Waals surface area contributed by atoms with Gasteiger partial charge < -0.3 is 14.7 Å². The van der Waals surface area contributed by atoms with Crippen LogP contribution in [0.25, 0.3) is 0 Å². The summed E-state index contributed by atoms with van der Waals surface area (Å²) in [6, 6.07) is 0. The number of nitrogens with zero attached hydrogens (tertiary/aromatic N) is 5. The lowest BCUT2D eigenvalue weighted by molar-refractivity contribution is -0.117. The fourth-order valence-corrected chi connectivity index (χ4v) is 4.99. The molecule has 3 aliphatic rings. The van der Waals surface area contributed by atoms with E-state index in [4.69, 9.17) is 0 Å². The molecule has 0 atom stereocenters. The number of hydrogen-bond acceptors (Lipinski definition) is 7. The molecule has 1 aliphatic carbocycles. The van der Waals surface area contributed by atoms with E-state index in [1.807, 2.05) is 0 Å². The molecule has 1 aromatic rings. The van der Waals surface area contributed by atoms with Crippen LogP contribution >= 0.6 is 11.8 Å². The van der Waals surface area contributed by atoms with Crippen molar-refractivity contribution in [1.29, 1.82) is 0 Å². The first kappa shape index (κ1) is 16.8. The van der Waals surface area contributed by atoms with Crippen molar-refractivity contribution < 1.29 is 4.79 Å². The molecule has 7 heteroatoms. The Morgan fingerprint density at radius 1 is 1.08 bits per heavy atom. The van der Waals surface area contributed by atoms with Crippen LogP contribution in [0.15, 0.2) is 22.0 Å². The van der Waals surface area contributed by atoms with Crippen LogP contribution in [0.1, 0.15) is 26.7 Å². The van der Waals surface area contributed by atoms with E-state index in [0.29, 0.717) is 6.42 Å². The highest BCUT2D eigenvalue weighted by atomic mass is 32.2. The second-order valence-corrected chi connectivity index (χ2v) is 9.02. The average Bonchev–Trinajstić information content (AvgIpc) is 2.56. The van der Waals surface area contributed by atoms with Crippen molar-refractivity contribution in [2.24, 2.45) is 5.41 Å². The molecule has 0 radical (unpaired) electrons. The van der Waals surface area contributed by atoms with Crippen molar-refractivity contribution in [3.63, 3.8) is 0 Å². The van der Waals surface area contributed by atoms with Crippen LogP contribution in [0.2, 0.25) is 0 Å². The van der Waals surface area contributed by atoms with Crippen molar-refractivity contribution in [2.45, 2.75) is 31.7 Å². The van der Waals surface area contributed by atoms with Crippen molar-refractivity contribution in [3.8, 4) is 0 Å². The molecular formula is C18H25N5OS. The second kappa shape index (κ2) is 5.99. The molecule has 0 spiro atoms. The first-order valence-electron chi connectivity index (χ1n) is 8.82. The fourth-order valence-electron chi connectivity index (χ4n) is 3.86. The number of thioether (sulfide) groups is 1. The molecule has 1 saturated heterocycles. The van der Waals surface area contributed by atoms with Crippen LogP contribution in [0.4, 0.5) is 11.5 Å². The van der Waals surface area contributed by atoms with Gasteiger partial charge in [0.25, 0.3) is 0 Å². The normalized spacial score (nSPS) is 23.6. The highest BCUT2D eigenvalue weighted by Crippen LogP contribution is 2.51. The summed E-state index contributed by atoms with van der Waals surface area (Å²) in [6.45, 7) is 8.35. The Kier molecular flexibility index (Phi) is 4.03. The largest absolute Gasteiger partial charge is 0.352 e. The van der Waals surface area contributed by atoms with E-state index >= 15 is 0 Å². The zero-order valence-corrected chi connectivity index (χ0v) is 16.2. The number of fused-ring (bicyclic) bond motifs is 1. The molecule has 3 heterocycles. The summed E-state index contributed by atoms with van der Waals surface area (Å²) in [5.74, 6) is 1.24. The van der Waals surface area contributed by atoms with E-state index < -0.39 is 0 Å². The highest BCUT2D eigenvalue weighted by Gasteiger charge is 2.40. The SMILES string of the molecule is CN1CCN(c2ncnc3c2N(C)C2=C(S3)C(=O)CC(C)(C)C2)CC1. The van der Waals surface area contributed by atoms with Gasteiger partial charge in [0, 0.05) is 45.3 Å². The summed E-state index contributed by atoms with van der Waals surface area (Å²) in [6.07, 6.45) is 3.16. The van der Waals surface area contributed by atoms with Gasteiger partial charge in [0.15, 0.2) is 11.6 Å². The van der Waals surface area contributed by atoms with Crippen LogP contribution in [-0.4, -0.2) is 60.9 Å². The van der Waals surface area contributed by atoms with Gasteiger partial charge in [0.2, 0.25) is 0 Å². The second-order valence-electron chi connectivity index (χ2n) is 8.02. The number of ketones is 1.